The topological polar surface area (TPSA) is 114 Å². The largest absolute Gasteiger partial charge is 0.494 e. The van der Waals surface area contributed by atoms with E-state index in [1.165, 1.54) is 5.01 Å². The predicted molar refractivity (Wildman–Crippen MR) is 132 cm³/mol. The average Bonchev–Trinajstić information content (AvgIpc) is 2.81. The Morgan fingerprint density at radius 2 is 1.55 bits per heavy atom. The lowest BCUT2D eigenvalue weighted by Crippen LogP contribution is -2.35. The van der Waals surface area contributed by atoms with Crippen LogP contribution in [-0.4, -0.2) is 53.6 Å². The van der Waals surface area contributed by atoms with Crippen LogP contribution in [0.15, 0.2) is 59.9 Å². The van der Waals surface area contributed by atoms with Gasteiger partial charge in [-0.2, -0.15) is 0 Å². The van der Waals surface area contributed by atoms with Gasteiger partial charge in [0.15, 0.2) is 0 Å². The first kappa shape index (κ1) is 26.8. The van der Waals surface area contributed by atoms with Crippen molar-refractivity contribution in [3.05, 3.63) is 71.1 Å². The Kier molecular flexibility index (Phi) is 10.3. The fourth-order valence-electron chi connectivity index (χ4n) is 3.34. The standard InChI is InChI=1S/C25H36ClN3O4/c1-18(27)24(16-30)29(28)13-4-14-32-22-9-5-19(6-10-22)25(2,3)20-7-11-23(12-8-20)33-17-21(31)15-26/h5-12,21,30-31H,4,13-17,27-28H2,1-3H3/b24-18-/t21-/m0/s1. The van der Waals surface area contributed by atoms with Crippen LogP contribution < -0.4 is 21.1 Å². The Morgan fingerprint density at radius 3 is 2.00 bits per heavy atom. The molecular weight excluding hydrogens is 442 g/mol. The predicted octanol–water partition coefficient (Wildman–Crippen LogP) is 3.12. The zero-order valence-electron chi connectivity index (χ0n) is 19.6. The summed E-state index contributed by atoms with van der Waals surface area (Å²) in [5.41, 5.74) is 8.84. The van der Waals surface area contributed by atoms with Crippen LogP contribution in [0.3, 0.4) is 0 Å². The van der Waals surface area contributed by atoms with Crippen molar-refractivity contribution in [2.45, 2.75) is 38.7 Å². The van der Waals surface area contributed by atoms with E-state index in [-0.39, 0.29) is 24.5 Å². The summed E-state index contributed by atoms with van der Waals surface area (Å²) in [5, 5.41) is 20.3. The summed E-state index contributed by atoms with van der Waals surface area (Å²) < 4.78 is 11.4. The maximum absolute atomic E-state index is 9.53. The third kappa shape index (κ3) is 7.82. The van der Waals surface area contributed by atoms with Crippen LogP contribution in [-0.2, 0) is 5.41 Å². The highest BCUT2D eigenvalue weighted by Gasteiger charge is 2.23. The normalized spacial score (nSPS) is 13.3. The molecule has 0 fully saturated rings. The van der Waals surface area contributed by atoms with Crippen LogP contribution in [0.4, 0.5) is 0 Å². The number of nitrogens with two attached hydrogens (primary N) is 2. The lowest BCUT2D eigenvalue weighted by Gasteiger charge is -2.26. The molecule has 182 valence electrons. The van der Waals surface area contributed by atoms with Gasteiger partial charge in [-0.15, -0.1) is 11.6 Å². The van der Waals surface area contributed by atoms with Gasteiger partial charge in [0.2, 0.25) is 0 Å². The maximum Gasteiger partial charge on any atom is 0.119 e. The monoisotopic (exact) mass is 477 g/mol. The minimum atomic E-state index is -0.678. The van der Waals surface area contributed by atoms with E-state index in [1.807, 2.05) is 36.4 Å². The second-order valence-corrected chi connectivity index (χ2v) is 8.78. The van der Waals surface area contributed by atoms with Gasteiger partial charge in [0.1, 0.15) is 24.2 Å². The Labute approximate surface area is 201 Å². The van der Waals surface area contributed by atoms with Gasteiger partial charge >= 0.3 is 0 Å². The van der Waals surface area contributed by atoms with Gasteiger partial charge in [-0.05, 0) is 42.3 Å². The van der Waals surface area contributed by atoms with Crippen LogP contribution in [0, 0.1) is 0 Å². The highest BCUT2D eigenvalue weighted by Crippen LogP contribution is 2.33. The number of hydrazine groups is 1. The van der Waals surface area contributed by atoms with Crippen LogP contribution in [0.5, 0.6) is 11.5 Å². The molecule has 8 heteroatoms. The van der Waals surface area contributed by atoms with Crippen molar-refractivity contribution in [3.8, 4) is 11.5 Å². The molecule has 7 nitrogen and oxygen atoms in total. The molecule has 0 spiro atoms. The number of allylic oxidation sites excluding steroid dienone is 1. The number of hydrogen-bond donors (Lipinski definition) is 4. The van der Waals surface area contributed by atoms with Crippen LogP contribution in [0.1, 0.15) is 38.3 Å². The van der Waals surface area contributed by atoms with Crippen LogP contribution in [0.2, 0.25) is 0 Å². The molecule has 6 N–H and O–H groups in total. The summed E-state index contributed by atoms with van der Waals surface area (Å²) in [5.74, 6) is 7.56. The van der Waals surface area contributed by atoms with Gasteiger partial charge in [0, 0.05) is 24.1 Å². The molecule has 2 aromatic rings. The second-order valence-electron chi connectivity index (χ2n) is 8.48. The Balaban J connectivity index is 1.91. The summed E-state index contributed by atoms with van der Waals surface area (Å²) in [7, 11) is 0. The third-order valence-electron chi connectivity index (χ3n) is 5.54. The van der Waals surface area contributed by atoms with Gasteiger partial charge in [-0.1, -0.05) is 38.1 Å². The molecule has 0 bridgehead atoms. The number of alkyl halides is 1. The van der Waals surface area contributed by atoms with E-state index in [1.54, 1.807) is 6.92 Å². The van der Waals surface area contributed by atoms with Gasteiger partial charge < -0.3 is 30.4 Å². The first-order valence-electron chi connectivity index (χ1n) is 11.0. The lowest BCUT2D eigenvalue weighted by atomic mass is 9.78. The summed E-state index contributed by atoms with van der Waals surface area (Å²) in [6.45, 7) is 7.04. The highest BCUT2D eigenvalue weighted by atomic mass is 35.5. The van der Waals surface area contributed by atoms with E-state index in [2.05, 4.69) is 26.0 Å². The first-order valence-corrected chi connectivity index (χ1v) is 11.5. The molecule has 0 aliphatic carbocycles. The summed E-state index contributed by atoms with van der Waals surface area (Å²) in [6.07, 6.45) is 0.0133. The SMILES string of the molecule is C/C(N)=C(\CO)N(N)CCCOc1ccc(C(C)(C)c2ccc(OC[C@@H](O)CCl)cc2)cc1. The summed E-state index contributed by atoms with van der Waals surface area (Å²) in [6, 6.07) is 15.9. The highest BCUT2D eigenvalue weighted by molar-refractivity contribution is 6.18. The van der Waals surface area contributed by atoms with Crippen molar-refractivity contribution in [2.75, 3.05) is 32.2 Å². The van der Waals surface area contributed by atoms with E-state index in [4.69, 9.17) is 32.7 Å². The molecule has 0 radical (unpaired) electrons. The number of hydrogen-bond acceptors (Lipinski definition) is 7. The molecule has 0 amide bonds. The number of aliphatic hydroxyl groups is 2. The molecule has 0 aliphatic rings. The van der Waals surface area contributed by atoms with Crippen LogP contribution in [0.25, 0.3) is 0 Å². The van der Waals surface area contributed by atoms with Gasteiger partial charge in [-0.3, -0.25) is 0 Å². The molecule has 0 heterocycles. The fraction of sp³-hybridized carbons (Fsp3) is 0.440. The second kappa shape index (κ2) is 12.7. The minimum absolute atomic E-state index is 0.145. The van der Waals surface area contributed by atoms with E-state index in [9.17, 15) is 10.2 Å². The van der Waals surface area contributed by atoms with Gasteiger partial charge in [-0.25, -0.2) is 5.84 Å². The Morgan fingerprint density at radius 1 is 1.03 bits per heavy atom. The zero-order valence-corrected chi connectivity index (χ0v) is 20.4. The number of nitrogens with zero attached hydrogens (tertiary/aromatic N) is 1. The van der Waals surface area contributed by atoms with Crippen molar-refractivity contribution in [1.82, 2.24) is 5.01 Å². The molecule has 33 heavy (non-hydrogen) atoms. The van der Waals surface area contributed by atoms with Gasteiger partial charge in [0.25, 0.3) is 0 Å². The quantitative estimate of drug-likeness (QED) is 0.152. The van der Waals surface area contributed by atoms with Crippen LogP contribution >= 0.6 is 11.6 Å². The molecule has 0 saturated heterocycles. The number of aliphatic hydroxyl groups excluding tert-OH is 2. The van der Waals surface area contributed by atoms with E-state index in [0.717, 1.165) is 16.9 Å². The van der Waals surface area contributed by atoms with E-state index >= 15 is 0 Å². The number of benzene rings is 2. The molecular formula is C25H36ClN3O4. The van der Waals surface area contributed by atoms with Crippen molar-refractivity contribution in [2.24, 2.45) is 11.6 Å². The molecule has 0 aliphatic heterocycles. The first-order chi connectivity index (χ1) is 15.7. The average molecular weight is 478 g/mol. The molecule has 2 aromatic carbocycles. The lowest BCUT2D eigenvalue weighted by molar-refractivity contribution is 0.125. The molecule has 0 saturated carbocycles. The Bertz CT molecular complexity index is 882. The molecule has 0 aromatic heterocycles. The molecule has 2 rings (SSSR count). The fourth-order valence-corrected chi connectivity index (χ4v) is 3.43. The minimum Gasteiger partial charge on any atom is -0.494 e. The van der Waals surface area contributed by atoms with E-state index < -0.39 is 6.10 Å². The van der Waals surface area contributed by atoms with Crippen molar-refractivity contribution in [3.63, 3.8) is 0 Å². The summed E-state index contributed by atoms with van der Waals surface area (Å²) >= 11 is 5.60. The number of rotatable bonds is 13. The smallest absolute Gasteiger partial charge is 0.119 e. The number of halogens is 1. The van der Waals surface area contributed by atoms with Gasteiger partial charge in [0.05, 0.1) is 24.8 Å². The molecule has 1 atom stereocenters. The third-order valence-corrected chi connectivity index (χ3v) is 5.89. The van der Waals surface area contributed by atoms with Crippen molar-refractivity contribution >= 4 is 11.6 Å². The maximum atomic E-state index is 9.53. The Hall–Kier alpha value is -2.45. The van der Waals surface area contributed by atoms with E-state index in [0.29, 0.717) is 36.7 Å². The van der Waals surface area contributed by atoms with Crippen molar-refractivity contribution < 1.29 is 19.7 Å². The summed E-state index contributed by atoms with van der Waals surface area (Å²) in [4.78, 5) is 0. The molecule has 0 unspecified atom stereocenters. The number of ether oxygens (including phenoxy) is 2. The zero-order chi connectivity index (χ0) is 24.4. The van der Waals surface area contributed by atoms with Crippen molar-refractivity contribution in [1.29, 1.82) is 0 Å².